The van der Waals surface area contributed by atoms with Crippen LogP contribution in [0.2, 0.25) is 5.02 Å². The van der Waals surface area contributed by atoms with E-state index in [1.807, 2.05) is 0 Å². The van der Waals surface area contributed by atoms with Crippen molar-refractivity contribution in [3.8, 4) is 0 Å². The van der Waals surface area contributed by atoms with Crippen LogP contribution in [-0.2, 0) is 15.7 Å². The number of alkyl halides is 3. The van der Waals surface area contributed by atoms with Crippen LogP contribution in [0, 0.1) is 0 Å². The number of ether oxygens (including phenoxy) is 1. The molecule has 1 aliphatic carbocycles. The molecule has 0 aromatic carbocycles. The first-order chi connectivity index (χ1) is 12.8. The van der Waals surface area contributed by atoms with Crippen molar-refractivity contribution in [3.05, 3.63) is 16.4 Å². The van der Waals surface area contributed by atoms with Gasteiger partial charge < -0.3 is 10.1 Å². The molecule has 1 unspecified atom stereocenters. The maximum Gasteiger partial charge on any atom is 0.436 e. The number of morpholine rings is 1. The number of carbonyl (C=O) groups is 1. The molecule has 2 heterocycles. The van der Waals surface area contributed by atoms with Crippen LogP contribution in [0.5, 0.6) is 0 Å². The van der Waals surface area contributed by atoms with E-state index in [1.54, 1.807) is 6.92 Å². The summed E-state index contributed by atoms with van der Waals surface area (Å²) < 4.78 is 45.9. The Bertz CT molecular complexity index is 670. The van der Waals surface area contributed by atoms with Crippen molar-refractivity contribution in [2.75, 3.05) is 39.4 Å². The van der Waals surface area contributed by atoms with E-state index in [0.29, 0.717) is 12.2 Å². The van der Waals surface area contributed by atoms with Gasteiger partial charge in [0.1, 0.15) is 6.04 Å². The largest absolute Gasteiger partial charge is 0.436 e. The minimum absolute atomic E-state index is 0.0577. The van der Waals surface area contributed by atoms with E-state index in [0.717, 1.165) is 56.8 Å². The monoisotopic (exact) mass is 408 g/mol. The van der Waals surface area contributed by atoms with Crippen molar-refractivity contribution >= 4 is 17.5 Å². The highest BCUT2D eigenvalue weighted by atomic mass is 35.5. The van der Waals surface area contributed by atoms with Gasteiger partial charge in [-0.2, -0.15) is 18.3 Å². The summed E-state index contributed by atoms with van der Waals surface area (Å²) >= 11 is 5.96. The lowest BCUT2D eigenvalue weighted by molar-refractivity contribution is -0.141. The van der Waals surface area contributed by atoms with Gasteiger partial charge in [-0.1, -0.05) is 11.6 Å². The molecular formula is C17H24ClF3N4O2. The standard InChI is InChI=1S/C17H24ClF3N4O2/c1-11(16(26)22-5-2-6-24-7-9-27-10-8-24)25-14(12-3-4-12)13(18)15(23-25)17(19,20)21/h11-12H,2-10H2,1H3,(H,22,26). The molecule has 6 nitrogen and oxygen atoms in total. The Morgan fingerprint density at radius 3 is 2.63 bits per heavy atom. The summed E-state index contributed by atoms with van der Waals surface area (Å²) in [6, 6.07) is -0.849. The SMILES string of the molecule is CC(C(=O)NCCCN1CCOCC1)n1nc(C(F)(F)F)c(Cl)c1C1CC1. The van der Waals surface area contributed by atoms with Crippen LogP contribution in [0.3, 0.4) is 0 Å². The van der Waals surface area contributed by atoms with Crippen LogP contribution in [0.15, 0.2) is 0 Å². The Morgan fingerprint density at radius 2 is 2.04 bits per heavy atom. The van der Waals surface area contributed by atoms with Crippen LogP contribution in [0.4, 0.5) is 13.2 Å². The third-order valence-corrected chi connectivity index (χ3v) is 5.29. The maximum absolute atomic E-state index is 13.1. The first kappa shape index (κ1) is 20.4. The molecule has 27 heavy (non-hydrogen) atoms. The Morgan fingerprint density at radius 1 is 1.37 bits per heavy atom. The Hall–Kier alpha value is -1.32. The van der Waals surface area contributed by atoms with Gasteiger partial charge in [-0.05, 0) is 32.7 Å². The van der Waals surface area contributed by atoms with Crippen LogP contribution >= 0.6 is 11.6 Å². The van der Waals surface area contributed by atoms with Gasteiger partial charge in [-0.3, -0.25) is 14.4 Å². The fourth-order valence-corrected chi connectivity index (χ4v) is 3.61. The topological polar surface area (TPSA) is 59.4 Å². The Kier molecular flexibility index (Phi) is 6.32. The van der Waals surface area contributed by atoms with Crippen LogP contribution in [0.1, 0.15) is 49.5 Å². The molecule has 3 rings (SSSR count). The molecule has 2 fully saturated rings. The van der Waals surface area contributed by atoms with Crippen LogP contribution in [0.25, 0.3) is 0 Å². The molecule has 1 aromatic rings. The maximum atomic E-state index is 13.1. The van der Waals surface area contributed by atoms with E-state index in [4.69, 9.17) is 16.3 Å². The summed E-state index contributed by atoms with van der Waals surface area (Å²) in [5.74, 6) is -0.413. The van der Waals surface area contributed by atoms with E-state index >= 15 is 0 Å². The summed E-state index contributed by atoms with van der Waals surface area (Å²) in [5.41, 5.74) is -0.794. The molecular weight excluding hydrogens is 385 g/mol. The molecule has 0 radical (unpaired) electrons. The number of nitrogens with one attached hydrogen (secondary N) is 1. The first-order valence-corrected chi connectivity index (χ1v) is 9.59. The van der Waals surface area contributed by atoms with Gasteiger partial charge in [0.2, 0.25) is 5.91 Å². The Labute approximate surface area is 161 Å². The smallest absolute Gasteiger partial charge is 0.379 e. The Balaban J connectivity index is 1.59. The van der Waals surface area contributed by atoms with Crippen molar-refractivity contribution in [1.29, 1.82) is 0 Å². The third kappa shape index (κ3) is 4.94. The highest BCUT2D eigenvalue weighted by Crippen LogP contribution is 2.47. The minimum atomic E-state index is -4.64. The quantitative estimate of drug-likeness (QED) is 0.705. The second-order valence-corrected chi connectivity index (χ2v) is 7.42. The predicted molar refractivity (Wildman–Crippen MR) is 93.8 cm³/mol. The average molecular weight is 409 g/mol. The molecule has 1 atom stereocenters. The number of hydrogen-bond donors (Lipinski definition) is 1. The lowest BCUT2D eigenvalue weighted by Crippen LogP contribution is -2.39. The molecule has 1 saturated carbocycles. The highest BCUT2D eigenvalue weighted by molar-refractivity contribution is 6.32. The van der Waals surface area contributed by atoms with Crippen LogP contribution < -0.4 is 5.32 Å². The van der Waals surface area contributed by atoms with E-state index < -0.39 is 17.9 Å². The molecule has 1 aromatic heterocycles. The van der Waals surface area contributed by atoms with Gasteiger partial charge in [0.25, 0.3) is 0 Å². The molecule has 10 heteroatoms. The molecule has 2 aliphatic rings. The molecule has 1 N–H and O–H groups in total. The predicted octanol–water partition coefficient (Wildman–Crippen LogP) is 2.83. The van der Waals surface area contributed by atoms with E-state index in [9.17, 15) is 18.0 Å². The van der Waals surface area contributed by atoms with Crippen molar-refractivity contribution in [2.24, 2.45) is 0 Å². The van der Waals surface area contributed by atoms with E-state index in [2.05, 4.69) is 15.3 Å². The van der Waals surface area contributed by atoms with Crippen molar-refractivity contribution in [1.82, 2.24) is 20.0 Å². The normalized spacial score (nSPS) is 19.9. The highest BCUT2D eigenvalue weighted by Gasteiger charge is 2.43. The summed E-state index contributed by atoms with van der Waals surface area (Å²) in [5, 5.41) is 6.06. The van der Waals surface area contributed by atoms with E-state index in [-0.39, 0.29) is 16.8 Å². The molecule has 152 valence electrons. The number of nitrogens with zero attached hydrogens (tertiary/aromatic N) is 3. The van der Waals surface area contributed by atoms with Gasteiger partial charge >= 0.3 is 6.18 Å². The van der Waals surface area contributed by atoms with Crippen molar-refractivity contribution in [3.63, 3.8) is 0 Å². The summed E-state index contributed by atoms with van der Waals surface area (Å²) in [4.78, 5) is 14.7. The molecule has 1 saturated heterocycles. The lowest BCUT2D eigenvalue weighted by atomic mass is 10.2. The van der Waals surface area contributed by atoms with Gasteiger partial charge in [0, 0.05) is 25.6 Å². The van der Waals surface area contributed by atoms with Gasteiger partial charge in [-0.15, -0.1) is 0 Å². The number of amides is 1. The molecule has 1 aliphatic heterocycles. The number of hydrogen-bond acceptors (Lipinski definition) is 4. The summed E-state index contributed by atoms with van der Waals surface area (Å²) in [6.07, 6.45) is -2.35. The second-order valence-electron chi connectivity index (χ2n) is 7.04. The lowest BCUT2D eigenvalue weighted by Gasteiger charge is -2.26. The van der Waals surface area contributed by atoms with Gasteiger partial charge in [-0.25, -0.2) is 0 Å². The van der Waals surface area contributed by atoms with Gasteiger partial charge in [0.05, 0.1) is 23.9 Å². The molecule has 1 amide bonds. The fraction of sp³-hybridized carbons (Fsp3) is 0.765. The van der Waals surface area contributed by atoms with Crippen molar-refractivity contribution in [2.45, 2.75) is 44.3 Å². The number of rotatable bonds is 7. The minimum Gasteiger partial charge on any atom is -0.379 e. The summed E-state index contributed by atoms with van der Waals surface area (Å²) in [6.45, 7) is 6.04. The van der Waals surface area contributed by atoms with Crippen molar-refractivity contribution < 1.29 is 22.7 Å². The zero-order valence-corrected chi connectivity index (χ0v) is 15.9. The van der Waals surface area contributed by atoms with Gasteiger partial charge in [0.15, 0.2) is 5.69 Å². The first-order valence-electron chi connectivity index (χ1n) is 9.22. The molecule has 0 bridgehead atoms. The fourth-order valence-electron chi connectivity index (χ4n) is 3.22. The number of halogens is 4. The average Bonchev–Trinajstić information content (AvgIpc) is 3.40. The zero-order chi connectivity index (χ0) is 19.6. The third-order valence-electron chi connectivity index (χ3n) is 4.92. The van der Waals surface area contributed by atoms with Crippen LogP contribution in [-0.4, -0.2) is 60.0 Å². The summed E-state index contributed by atoms with van der Waals surface area (Å²) in [7, 11) is 0. The molecule has 0 spiro atoms. The second kappa shape index (κ2) is 8.36. The zero-order valence-electron chi connectivity index (χ0n) is 15.2. The number of aromatic nitrogens is 2. The van der Waals surface area contributed by atoms with E-state index in [1.165, 1.54) is 0 Å². The number of carbonyl (C=O) groups excluding carboxylic acids is 1.